The Morgan fingerprint density at radius 2 is 1.70 bits per heavy atom. The number of ether oxygens (including phenoxy) is 2. The SMILES string of the molecule is COc1ccc(CC(F)(F)F)c(N2C(=O)CS/C2=N\C(=O)NOCc2ccc(-c3ncn(-c4ccc(OC(F)(F)F)cc4)n3)cc2)c1. The Morgan fingerprint density at radius 1 is 1.00 bits per heavy atom. The molecule has 1 aromatic heterocycles. The topological polar surface area (TPSA) is 120 Å². The Kier molecular flexibility index (Phi) is 9.71. The summed E-state index contributed by atoms with van der Waals surface area (Å²) in [5.74, 6) is -0.528. The van der Waals surface area contributed by atoms with Gasteiger partial charge in [-0.25, -0.2) is 19.9 Å². The van der Waals surface area contributed by atoms with Crippen LogP contribution >= 0.6 is 11.8 Å². The molecule has 0 saturated carbocycles. The van der Waals surface area contributed by atoms with Gasteiger partial charge in [0.2, 0.25) is 5.91 Å². The summed E-state index contributed by atoms with van der Waals surface area (Å²) in [6, 6.07) is 14.6. The van der Waals surface area contributed by atoms with E-state index in [9.17, 15) is 35.9 Å². The Labute approximate surface area is 266 Å². The van der Waals surface area contributed by atoms with Gasteiger partial charge in [0.25, 0.3) is 0 Å². The Morgan fingerprint density at radius 3 is 2.36 bits per heavy atom. The summed E-state index contributed by atoms with van der Waals surface area (Å²) in [6.07, 6.45) is -9.26. The summed E-state index contributed by atoms with van der Waals surface area (Å²) in [6.45, 7) is -0.0908. The average Bonchev–Trinajstić information content (AvgIpc) is 3.64. The van der Waals surface area contributed by atoms with Gasteiger partial charge in [0.1, 0.15) is 17.8 Å². The van der Waals surface area contributed by atoms with Gasteiger partial charge in [-0.2, -0.15) is 18.2 Å². The zero-order valence-electron chi connectivity index (χ0n) is 24.0. The number of rotatable bonds is 9. The molecule has 1 N–H and O–H groups in total. The Bertz CT molecular complexity index is 1780. The highest BCUT2D eigenvalue weighted by molar-refractivity contribution is 8.15. The van der Waals surface area contributed by atoms with Crippen LogP contribution < -0.4 is 19.9 Å². The molecular formula is C29H22F6N6O5S. The van der Waals surface area contributed by atoms with E-state index in [0.29, 0.717) is 22.6 Å². The van der Waals surface area contributed by atoms with Crippen LogP contribution in [-0.4, -0.2) is 57.3 Å². The first-order chi connectivity index (χ1) is 22.3. The third-order valence-electron chi connectivity index (χ3n) is 6.32. The quantitative estimate of drug-likeness (QED) is 0.163. The summed E-state index contributed by atoms with van der Waals surface area (Å²) < 4.78 is 87.1. The lowest BCUT2D eigenvalue weighted by molar-refractivity contribution is -0.274. The van der Waals surface area contributed by atoms with E-state index in [-0.39, 0.29) is 40.3 Å². The van der Waals surface area contributed by atoms with Crippen molar-refractivity contribution in [3.8, 4) is 28.6 Å². The fourth-order valence-electron chi connectivity index (χ4n) is 4.29. The van der Waals surface area contributed by atoms with Gasteiger partial charge in [-0.15, -0.1) is 18.3 Å². The number of hydrogen-bond donors (Lipinski definition) is 1. The summed E-state index contributed by atoms with van der Waals surface area (Å²) in [5.41, 5.74) is 3.52. The van der Waals surface area contributed by atoms with E-state index >= 15 is 0 Å². The smallest absolute Gasteiger partial charge is 0.497 e. The van der Waals surface area contributed by atoms with Crippen LogP contribution in [0.1, 0.15) is 11.1 Å². The Hall–Kier alpha value is -5.10. The highest BCUT2D eigenvalue weighted by Gasteiger charge is 2.36. The molecule has 0 radical (unpaired) electrons. The number of hydrogen-bond acceptors (Lipinski definition) is 8. The van der Waals surface area contributed by atoms with Gasteiger partial charge in [-0.05, 0) is 41.5 Å². The van der Waals surface area contributed by atoms with E-state index in [1.807, 2.05) is 0 Å². The van der Waals surface area contributed by atoms with Crippen molar-refractivity contribution in [1.29, 1.82) is 0 Å². The third kappa shape index (κ3) is 8.79. The fourth-order valence-corrected chi connectivity index (χ4v) is 5.15. The number of halogens is 6. The van der Waals surface area contributed by atoms with Crippen molar-refractivity contribution >= 4 is 34.6 Å². The number of hydroxylamine groups is 1. The van der Waals surface area contributed by atoms with Crippen LogP contribution in [0.5, 0.6) is 11.5 Å². The first kappa shape index (κ1) is 33.3. The van der Waals surface area contributed by atoms with Crippen molar-refractivity contribution in [2.24, 2.45) is 4.99 Å². The molecule has 4 aromatic rings. The van der Waals surface area contributed by atoms with Crippen molar-refractivity contribution in [1.82, 2.24) is 20.2 Å². The monoisotopic (exact) mass is 680 g/mol. The van der Waals surface area contributed by atoms with Crippen LogP contribution in [0.25, 0.3) is 17.1 Å². The predicted octanol–water partition coefficient (Wildman–Crippen LogP) is 6.22. The molecule has 3 aromatic carbocycles. The van der Waals surface area contributed by atoms with Gasteiger partial charge < -0.3 is 9.47 Å². The minimum absolute atomic E-state index is 0.0908. The minimum atomic E-state index is -4.80. The zero-order valence-corrected chi connectivity index (χ0v) is 24.8. The number of thioether (sulfide) groups is 1. The van der Waals surface area contributed by atoms with E-state index in [1.165, 1.54) is 48.5 Å². The molecule has 0 spiro atoms. The largest absolute Gasteiger partial charge is 0.573 e. The molecule has 2 heterocycles. The van der Waals surface area contributed by atoms with Gasteiger partial charge in [-0.3, -0.25) is 14.5 Å². The van der Waals surface area contributed by atoms with Crippen molar-refractivity contribution in [2.45, 2.75) is 25.6 Å². The van der Waals surface area contributed by atoms with Gasteiger partial charge in [0, 0.05) is 11.6 Å². The second-order valence-corrected chi connectivity index (χ2v) is 10.6. The molecule has 246 valence electrons. The van der Waals surface area contributed by atoms with Crippen molar-refractivity contribution in [3.05, 3.63) is 84.2 Å². The number of carbonyl (C=O) groups excluding carboxylic acids is 2. The van der Waals surface area contributed by atoms with E-state index in [4.69, 9.17) is 9.57 Å². The van der Waals surface area contributed by atoms with Crippen molar-refractivity contribution in [3.63, 3.8) is 0 Å². The Balaban J connectivity index is 1.19. The van der Waals surface area contributed by atoms with Crippen LogP contribution in [0, 0.1) is 0 Å². The number of methoxy groups -OCH3 is 1. The molecule has 3 amide bonds. The zero-order chi connectivity index (χ0) is 33.8. The molecule has 18 heteroatoms. The number of anilines is 1. The van der Waals surface area contributed by atoms with Crippen LogP contribution in [0.3, 0.4) is 0 Å². The molecule has 11 nitrogen and oxygen atoms in total. The van der Waals surface area contributed by atoms with E-state index in [2.05, 4.69) is 25.3 Å². The molecule has 1 aliphatic rings. The highest BCUT2D eigenvalue weighted by Crippen LogP contribution is 2.36. The number of carbonyl (C=O) groups is 2. The van der Waals surface area contributed by atoms with Crippen molar-refractivity contribution < 1.29 is 50.2 Å². The summed E-state index contributed by atoms with van der Waals surface area (Å²) >= 11 is 0.882. The lowest BCUT2D eigenvalue weighted by Gasteiger charge is -2.21. The molecular weight excluding hydrogens is 658 g/mol. The second kappa shape index (κ2) is 13.7. The van der Waals surface area contributed by atoms with Crippen LogP contribution in [-0.2, 0) is 22.7 Å². The first-order valence-electron chi connectivity index (χ1n) is 13.3. The number of nitrogens with zero attached hydrogens (tertiary/aromatic N) is 5. The summed E-state index contributed by atoms with van der Waals surface area (Å²) in [7, 11) is 1.33. The number of aliphatic imine (C=N–C) groups is 1. The number of alkyl halides is 6. The molecule has 1 saturated heterocycles. The maximum absolute atomic E-state index is 13.2. The molecule has 0 unspecified atom stereocenters. The number of aromatic nitrogens is 3. The van der Waals surface area contributed by atoms with Crippen LogP contribution in [0.4, 0.5) is 36.8 Å². The van der Waals surface area contributed by atoms with Crippen LogP contribution in [0.15, 0.2) is 78.0 Å². The molecule has 0 atom stereocenters. The molecule has 1 fully saturated rings. The van der Waals surface area contributed by atoms with E-state index in [0.717, 1.165) is 28.8 Å². The average molecular weight is 681 g/mol. The number of amides is 3. The van der Waals surface area contributed by atoms with Gasteiger partial charge in [0.15, 0.2) is 11.0 Å². The number of amidine groups is 1. The van der Waals surface area contributed by atoms with Gasteiger partial charge in [0.05, 0.1) is 37.3 Å². The van der Waals surface area contributed by atoms with Gasteiger partial charge >= 0.3 is 18.6 Å². The molecule has 47 heavy (non-hydrogen) atoms. The molecule has 0 aliphatic carbocycles. The molecule has 5 rings (SSSR count). The third-order valence-corrected chi connectivity index (χ3v) is 7.25. The maximum Gasteiger partial charge on any atom is 0.573 e. The first-order valence-corrected chi connectivity index (χ1v) is 14.3. The van der Waals surface area contributed by atoms with E-state index in [1.54, 1.807) is 24.3 Å². The number of benzene rings is 3. The highest BCUT2D eigenvalue weighted by atomic mass is 32.2. The van der Waals surface area contributed by atoms with Crippen LogP contribution in [0.2, 0.25) is 0 Å². The minimum Gasteiger partial charge on any atom is -0.497 e. The number of nitrogens with one attached hydrogen (secondary N) is 1. The standard InChI is InChI=1S/C29H22F6N6O5S/c1-44-22-9-6-19(13-28(30,31)32)23(12-22)41-24(42)15-47-27(41)37-26(43)39-45-14-17-2-4-18(5-3-17)25-36-16-40(38-25)20-7-10-21(11-8-20)46-29(33,34)35/h2-12,16H,13-15H2,1H3,(H,39,43)/b37-27-. The second-order valence-electron chi connectivity index (χ2n) is 9.65. The lowest BCUT2D eigenvalue weighted by atomic mass is 10.1. The lowest BCUT2D eigenvalue weighted by Crippen LogP contribution is -2.32. The number of urea groups is 1. The predicted molar refractivity (Wildman–Crippen MR) is 157 cm³/mol. The normalized spacial score (nSPS) is 14.5. The maximum atomic E-state index is 13.2. The summed E-state index contributed by atoms with van der Waals surface area (Å²) in [5, 5.41) is 4.20. The summed E-state index contributed by atoms with van der Waals surface area (Å²) in [4.78, 5) is 39.3. The van der Waals surface area contributed by atoms with Gasteiger partial charge in [-0.1, -0.05) is 42.1 Å². The van der Waals surface area contributed by atoms with E-state index < -0.39 is 30.9 Å². The fraction of sp³-hybridized carbons (Fsp3) is 0.207. The molecule has 0 bridgehead atoms. The molecule has 1 aliphatic heterocycles. The van der Waals surface area contributed by atoms with Crippen molar-refractivity contribution in [2.75, 3.05) is 17.8 Å².